The van der Waals surface area contributed by atoms with Gasteiger partial charge in [0.1, 0.15) is 5.82 Å². The number of rotatable bonds is 5. The maximum absolute atomic E-state index is 5.64. The van der Waals surface area contributed by atoms with E-state index in [1.807, 2.05) is 12.3 Å². The fraction of sp³-hybridized carbons (Fsp3) is 0.308. The molecule has 2 aromatic rings. The normalized spacial score (nSPS) is 10.5. The number of hydrogen-bond acceptors (Lipinski definition) is 5. The lowest BCUT2D eigenvalue weighted by atomic mass is 10.1. The van der Waals surface area contributed by atoms with Crippen LogP contribution in [0.1, 0.15) is 17.8 Å². The maximum Gasteiger partial charge on any atom is 0.224 e. The first-order valence-corrected chi connectivity index (χ1v) is 7.09. The number of nitrogens with two attached hydrogens (primary N) is 1. The number of nitrogen functional groups attached to an aromatic ring is 1. The van der Waals surface area contributed by atoms with Gasteiger partial charge in [0.05, 0.1) is 0 Å². The van der Waals surface area contributed by atoms with E-state index in [0.29, 0.717) is 11.1 Å². The molecule has 1 heterocycles. The predicted molar refractivity (Wildman–Crippen MR) is 74.5 cm³/mol. The molecule has 0 aliphatic heterocycles. The van der Waals surface area contributed by atoms with Gasteiger partial charge in [-0.05, 0) is 24.7 Å². The summed E-state index contributed by atoms with van der Waals surface area (Å²) in [7, 11) is 0. The van der Waals surface area contributed by atoms with Crippen LogP contribution in [-0.2, 0) is 12.8 Å². The van der Waals surface area contributed by atoms with Gasteiger partial charge in [0.25, 0.3) is 0 Å². The fourth-order valence-electron chi connectivity index (χ4n) is 1.71. The van der Waals surface area contributed by atoms with Crippen molar-refractivity contribution in [3.8, 4) is 0 Å². The lowest BCUT2D eigenvalue weighted by Gasteiger charge is -2.03. The van der Waals surface area contributed by atoms with E-state index in [9.17, 15) is 0 Å². The molecule has 0 aliphatic carbocycles. The second kappa shape index (κ2) is 6.35. The van der Waals surface area contributed by atoms with E-state index in [-0.39, 0.29) is 0 Å². The Hall–Kier alpha value is -1.62. The maximum atomic E-state index is 5.64. The molecule has 0 atom stereocenters. The molecule has 0 unspecified atom stereocenters. The number of anilines is 1. The molecule has 0 fully saturated rings. The van der Waals surface area contributed by atoms with Crippen LogP contribution in [0.2, 0.25) is 0 Å². The highest BCUT2D eigenvalue weighted by atomic mass is 32.2. The number of hydrogen-bond donors (Lipinski definition) is 1. The summed E-state index contributed by atoms with van der Waals surface area (Å²) in [6.07, 6.45) is 4.81. The molecule has 4 nitrogen and oxygen atoms in total. The smallest absolute Gasteiger partial charge is 0.224 e. The fourth-order valence-corrected chi connectivity index (χ4v) is 2.10. The molecule has 0 radical (unpaired) electrons. The van der Waals surface area contributed by atoms with E-state index in [2.05, 4.69) is 39.2 Å². The molecule has 2 rings (SSSR count). The van der Waals surface area contributed by atoms with Crippen molar-refractivity contribution in [2.24, 2.45) is 0 Å². The Balaban J connectivity index is 1.92. The van der Waals surface area contributed by atoms with Gasteiger partial charge in [0, 0.05) is 6.42 Å². The van der Waals surface area contributed by atoms with Crippen LogP contribution < -0.4 is 5.73 Å². The summed E-state index contributed by atoms with van der Waals surface area (Å²) in [5.74, 6) is 1.09. The highest BCUT2D eigenvalue weighted by molar-refractivity contribution is 7.98. The molecular weight excluding hydrogens is 244 g/mol. The molecule has 0 spiro atoms. The van der Waals surface area contributed by atoms with Gasteiger partial charge in [0.15, 0.2) is 5.16 Å². The van der Waals surface area contributed by atoms with Crippen molar-refractivity contribution in [2.45, 2.75) is 24.4 Å². The third-order valence-corrected chi connectivity index (χ3v) is 3.12. The summed E-state index contributed by atoms with van der Waals surface area (Å²) in [6.45, 7) is 0. The first-order valence-electron chi connectivity index (χ1n) is 5.86. The molecule has 0 saturated heterocycles. The SMILES string of the molecule is CSc1nc(N)nc(CCCc2ccccc2)n1. The minimum Gasteiger partial charge on any atom is -0.368 e. The number of aromatic nitrogens is 3. The number of aryl methyl sites for hydroxylation is 2. The van der Waals surface area contributed by atoms with Gasteiger partial charge < -0.3 is 5.73 Å². The molecule has 1 aromatic carbocycles. The van der Waals surface area contributed by atoms with Gasteiger partial charge in [0.2, 0.25) is 5.95 Å². The minimum atomic E-state index is 0.309. The van der Waals surface area contributed by atoms with Crippen LogP contribution >= 0.6 is 11.8 Å². The second-order valence-corrected chi connectivity index (χ2v) is 4.71. The van der Waals surface area contributed by atoms with Crippen molar-refractivity contribution in [1.82, 2.24) is 15.0 Å². The molecule has 0 saturated carbocycles. The summed E-state index contributed by atoms with van der Waals surface area (Å²) in [4.78, 5) is 12.5. The zero-order chi connectivity index (χ0) is 12.8. The molecule has 0 bridgehead atoms. The van der Waals surface area contributed by atoms with Crippen molar-refractivity contribution in [3.63, 3.8) is 0 Å². The third-order valence-electron chi connectivity index (χ3n) is 2.57. The summed E-state index contributed by atoms with van der Waals surface area (Å²) >= 11 is 1.48. The van der Waals surface area contributed by atoms with Crippen molar-refractivity contribution in [3.05, 3.63) is 41.7 Å². The third kappa shape index (κ3) is 3.70. The van der Waals surface area contributed by atoms with E-state index in [1.54, 1.807) is 0 Å². The highest BCUT2D eigenvalue weighted by Gasteiger charge is 2.03. The molecule has 2 N–H and O–H groups in total. The zero-order valence-corrected chi connectivity index (χ0v) is 11.2. The lowest BCUT2D eigenvalue weighted by Crippen LogP contribution is -2.04. The average Bonchev–Trinajstić information content (AvgIpc) is 2.39. The van der Waals surface area contributed by atoms with Crippen LogP contribution in [0, 0.1) is 0 Å². The van der Waals surface area contributed by atoms with E-state index < -0.39 is 0 Å². The first kappa shape index (κ1) is 12.8. The van der Waals surface area contributed by atoms with Gasteiger partial charge in [-0.1, -0.05) is 42.1 Å². The van der Waals surface area contributed by atoms with Crippen LogP contribution in [0.4, 0.5) is 5.95 Å². The van der Waals surface area contributed by atoms with Crippen LogP contribution in [0.5, 0.6) is 0 Å². The summed E-state index contributed by atoms with van der Waals surface area (Å²) in [5, 5.41) is 0.692. The Morgan fingerprint density at radius 3 is 2.56 bits per heavy atom. The number of thioether (sulfide) groups is 1. The molecule has 5 heteroatoms. The Kier molecular flexibility index (Phi) is 4.52. The Bertz CT molecular complexity index is 502. The van der Waals surface area contributed by atoms with Crippen LogP contribution in [0.25, 0.3) is 0 Å². The van der Waals surface area contributed by atoms with E-state index in [0.717, 1.165) is 25.1 Å². The molecule has 94 valence electrons. The Morgan fingerprint density at radius 2 is 1.83 bits per heavy atom. The van der Waals surface area contributed by atoms with Gasteiger partial charge in [-0.25, -0.2) is 4.98 Å². The van der Waals surface area contributed by atoms with E-state index >= 15 is 0 Å². The predicted octanol–water partition coefficient (Wildman–Crippen LogP) is 2.35. The standard InChI is InChI=1S/C13H16N4S/c1-18-13-16-11(15-12(14)17-13)9-5-8-10-6-3-2-4-7-10/h2-4,6-7H,5,8-9H2,1H3,(H2,14,15,16,17). The van der Waals surface area contributed by atoms with Crippen molar-refractivity contribution >= 4 is 17.7 Å². The van der Waals surface area contributed by atoms with Gasteiger partial charge in [-0.2, -0.15) is 9.97 Å². The monoisotopic (exact) mass is 260 g/mol. The highest BCUT2D eigenvalue weighted by Crippen LogP contribution is 2.11. The van der Waals surface area contributed by atoms with Crippen LogP contribution in [0.15, 0.2) is 35.5 Å². The second-order valence-electron chi connectivity index (χ2n) is 3.94. The van der Waals surface area contributed by atoms with Crippen LogP contribution in [0.3, 0.4) is 0 Å². The minimum absolute atomic E-state index is 0.309. The molecule has 1 aromatic heterocycles. The van der Waals surface area contributed by atoms with Crippen molar-refractivity contribution in [1.29, 1.82) is 0 Å². The summed E-state index contributed by atoms with van der Waals surface area (Å²) in [5.41, 5.74) is 6.98. The Labute approximate surface area is 111 Å². The quantitative estimate of drug-likeness (QED) is 0.836. The molecule has 0 amide bonds. The van der Waals surface area contributed by atoms with Crippen LogP contribution in [-0.4, -0.2) is 21.2 Å². The van der Waals surface area contributed by atoms with Crippen molar-refractivity contribution in [2.75, 3.05) is 12.0 Å². The molecular formula is C13H16N4S. The largest absolute Gasteiger partial charge is 0.368 e. The van der Waals surface area contributed by atoms with Gasteiger partial charge >= 0.3 is 0 Å². The zero-order valence-electron chi connectivity index (χ0n) is 10.3. The van der Waals surface area contributed by atoms with Gasteiger partial charge in [-0.15, -0.1) is 0 Å². The lowest BCUT2D eigenvalue weighted by molar-refractivity contribution is 0.738. The number of nitrogens with zero attached hydrogens (tertiary/aromatic N) is 3. The topological polar surface area (TPSA) is 64.7 Å². The molecule has 0 aliphatic rings. The first-order chi connectivity index (χ1) is 8.78. The van der Waals surface area contributed by atoms with Crippen molar-refractivity contribution < 1.29 is 0 Å². The van der Waals surface area contributed by atoms with E-state index in [4.69, 9.17) is 5.73 Å². The van der Waals surface area contributed by atoms with Gasteiger partial charge in [-0.3, -0.25) is 0 Å². The summed E-state index contributed by atoms with van der Waals surface area (Å²) in [6, 6.07) is 10.4. The molecule has 18 heavy (non-hydrogen) atoms. The Morgan fingerprint density at radius 1 is 1.06 bits per heavy atom. The number of benzene rings is 1. The van der Waals surface area contributed by atoms with E-state index in [1.165, 1.54) is 17.3 Å². The summed E-state index contributed by atoms with van der Waals surface area (Å²) < 4.78 is 0. The average molecular weight is 260 g/mol.